The molecule has 0 atom stereocenters. The Morgan fingerprint density at radius 2 is 2.44 bits per heavy atom. The third kappa shape index (κ3) is 1.44. The number of pyridine rings is 1. The van der Waals surface area contributed by atoms with E-state index in [1.54, 1.807) is 18.3 Å². The minimum absolute atomic E-state index is 0.578. The number of aromatic nitrogens is 1. The van der Waals surface area contributed by atoms with Crippen LogP contribution >= 0.6 is 12.6 Å². The Hall–Kier alpha value is -1.01. The molecule has 0 unspecified atom stereocenters. The van der Waals surface area contributed by atoms with Gasteiger partial charge >= 0.3 is 0 Å². The highest BCUT2D eigenvalue weighted by molar-refractivity contribution is 7.80. The van der Waals surface area contributed by atoms with Crippen LogP contribution in [0.5, 0.6) is 0 Å². The Balaban J connectivity index is 3.12. The average Bonchev–Trinajstić information content (AvgIpc) is 1.88. The van der Waals surface area contributed by atoms with Gasteiger partial charge in [0, 0.05) is 6.20 Å². The van der Waals surface area contributed by atoms with Gasteiger partial charge in [0.15, 0.2) is 0 Å². The lowest BCUT2D eigenvalue weighted by molar-refractivity contribution is 1.13. The van der Waals surface area contributed by atoms with E-state index in [-0.39, 0.29) is 0 Å². The number of hydrogen-bond donors (Lipinski definition) is 1. The van der Waals surface area contributed by atoms with Crippen LogP contribution in [0.4, 0.5) is 0 Å². The molecule has 2 nitrogen and oxygen atoms in total. The standard InChI is InChI=1S/C6H4N2S/c7-4-5-1-2-8-6(9)3-5/h1-3H,(H,8,9). The van der Waals surface area contributed by atoms with Gasteiger partial charge in [-0.15, -0.1) is 12.6 Å². The second kappa shape index (κ2) is 2.51. The molecule has 0 saturated heterocycles. The second-order valence-corrected chi connectivity index (χ2v) is 1.97. The van der Waals surface area contributed by atoms with Crippen molar-refractivity contribution < 1.29 is 0 Å². The van der Waals surface area contributed by atoms with Crippen molar-refractivity contribution >= 4 is 12.6 Å². The molecule has 44 valence electrons. The lowest BCUT2D eigenvalue weighted by Crippen LogP contribution is -1.76. The number of rotatable bonds is 0. The molecular weight excluding hydrogens is 132 g/mol. The number of nitriles is 1. The van der Waals surface area contributed by atoms with Crippen LogP contribution in [0.3, 0.4) is 0 Å². The van der Waals surface area contributed by atoms with E-state index in [9.17, 15) is 0 Å². The summed E-state index contributed by atoms with van der Waals surface area (Å²) in [5.74, 6) is 0. The summed E-state index contributed by atoms with van der Waals surface area (Å²) < 4.78 is 0. The largest absolute Gasteiger partial charge is 0.250 e. The van der Waals surface area contributed by atoms with Crippen molar-refractivity contribution in [1.82, 2.24) is 4.98 Å². The molecule has 0 spiro atoms. The average molecular weight is 136 g/mol. The predicted octanol–water partition coefficient (Wildman–Crippen LogP) is 1.24. The van der Waals surface area contributed by atoms with Gasteiger partial charge in [-0.1, -0.05) is 0 Å². The zero-order valence-electron chi connectivity index (χ0n) is 4.57. The fourth-order valence-corrected chi connectivity index (χ4v) is 0.694. The van der Waals surface area contributed by atoms with Crippen molar-refractivity contribution in [2.45, 2.75) is 5.03 Å². The Kier molecular flexibility index (Phi) is 1.71. The van der Waals surface area contributed by atoms with Crippen LogP contribution in [0.2, 0.25) is 0 Å². The molecule has 1 aromatic heterocycles. The molecule has 0 radical (unpaired) electrons. The van der Waals surface area contributed by atoms with Gasteiger partial charge in [0.05, 0.1) is 16.7 Å². The molecule has 0 saturated carbocycles. The monoisotopic (exact) mass is 136 g/mol. The minimum Gasteiger partial charge on any atom is -0.250 e. The van der Waals surface area contributed by atoms with Gasteiger partial charge < -0.3 is 0 Å². The summed E-state index contributed by atoms with van der Waals surface area (Å²) in [5, 5.41) is 8.93. The highest BCUT2D eigenvalue weighted by Gasteiger charge is 1.88. The van der Waals surface area contributed by atoms with E-state index in [4.69, 9.17) is 5.26 Å². The number of nitrogens with zero attached hydrogens (tertiary/aromatic N) is 2. The maximum Gasteiger partial charge on any atom is 0.0993 e. The molecule has 0 aromatic carbocycles. The summed E-state index contributed by atoms with van der Waals surface area (Å²) in [7, 11) is 0. The molecule has 1 heterocycles. The first-order chi connectivity index (χ1) is 4.33. The van der Waals surface area contributed by atoms with Crippen LogP contribution in [0.1, 0.15) is 5.56 Å². The fraction of sp³-hybridized carbons (Fsp3) is 0. The first-order valence-corrected chi connectivity index (χ1v) is 2.83. The molecule has 0 aliphatic carbocycles. The van der Waals surface area contributed by atoms with Crippen molar-refractivity contribution in [2.24, 2.45) is 0 Å². The predicted molar refractivity (Wildman–Crippen MR) is 36.2 cm³/mol. The summed E-state index contributed by atoms with van der Waals surface area (Å²) in [6.45, 7) is 0. The molecule has 0 aliphatic rings. The zero-order valence-corrected chi connectivity index (χ0v) is 5.47. The lowest BCUT2D eigenvalue weighted by Gasteiger charge is -1.87. The Morgan fingerprint density at radius 3 is 2.89 bits per heavy atom. The van der Waals surface area contributed by atoms with Crippen molar-refractivity contribution in [3.05, 3.63) is 23.9 Å². The topological polar surface area (TPSA) is 36.7 Å². The Labute approximate surface area is 58.6 Å². The molecule has 0 bridgehead atoms. The van der Waals surface area contributed by atoms with Gasteiger partial charge in [-0.3, -0.25) is 4.98 Å². The summed E-state index contributed by atoms with van der Waals surface area (Å²) >= 11 is 3.95. The van der Waals surface area contributed by atoms with Crippen LogP contribution in [-0.4, -0.2) is 4.98 Å². The highest BCUT2D eigenvalue weighted by Crippen LogP contribution is 2.02. The molecule has 0 N–H and O–H groups in total. The maximum absolute atomic E-state index is 8.35. The maximum atomic E-state index is 8.35. The van der Waals surface area contributed by atoms with Gasteiger partial charge in [0.2, 0.25) is 0 Å². The first-order valence-electron chi connectivity index (χ1n) is 2.38. The van der Waals surface area contributed by atoms with Crippen LogP contribution < -0.4 is 0 Å². The third-order valence-electron chi connectivity index (χ3n) is 0.875. The zero-order chi connectivity index (χ0) is 6.69. The van der Waals surface area contributed by atoms with Crippen LogP contribution in [0.25, 0.3) is 0 Å². The summed E-state index contributed by atoms with van der Waals surface area (Å²) in [5.41, 5.74) is 0.593. The number of thiol groups is 1. The van der Waals surface area contributed by atoms with Crippen molar-refractivity contribution in [2.75, 3.05) is 0 Å². The Bertz CT molecular complexity index is 251. The third-order valence-corrected chi connectivity index (χ3v) is 1.12. The van der Waals surface area contributed by atoms with E-state index in [1.807, 2.05) is 6.07 Å². The quantitative estimate of drug-likeness (QED) is 0.545. The molecule has 9 heavy (non-hydrogen) atoms. The van der Waals surface area contributed by atoms with Crippen LogP contribution in [-0.2, 0) is 0 Å². The van der Waals surface area contributed by atoms with Gasteiger partial charge in [0.1, 0.15) is 0 Å². The van der Waals surface area contributed by atoms with Gasteiger partial charge in [-0.25, -0.2) is 0 Å². The molecule has 1 aromatic rings. The SMILES string of the molecule is N#Cc1ccnc(S)c1. The molecule has 0 amide bonds. The van der Waals surface area contributed by atoms with E-state index in [2.05, 4.69) is 17.6 Å². The minimum atomic E-state index is 0.578. The fourth-order valence-electron chi connectivity index (χ4n) is 0.488. The summed E-state index contributed by atoms with van der Waals surface area (Å²) in [4.78, 5) is 3.80. The van der Waals surface area contributed by atoms with E-state index in [0.29, 0.717) is 10.6 Å². The molecule has 1 rings (SSSR count). The smallest absolute Gasteiger partial charge is 0.0993 e. The van der Waals surface area contributed by atoms with Gasteiger partial charge in [-0.05, 0) is 12.1 Å². The van der Waals surface area contributed by atoms with Crippen molar-refractivity contribution in [1.29, 1.82) is 5.26 Å². The molecule has 0 fully saturated rings. The van der Waals surface area contributed by atoms with E-state index in [1.165, 1.54) is 0 Å². The van der Waals surface area contributed by atoms with E-state index >= 15 is 0 Å². The van der Waals surface area contributed by atoms with Crippen molar-refractivity contribution in [3.63, 3.8) is 0 Å². The van der Waals surface area contributed by atoms with Gasteiger partial charge in [-0.2, -0.15) is 5.26 Å². The first kappa shape index (κ1) is 6.12. The molecule has 3 heteroatoms. The number of hydrogen-bond acceptors (Lipinski definition) is 3. The Morgan fingerprint density at radius 1 is 1.67 bits per heavy atom. The molecular formula is C6H4N2S. The molecule has 0 aliphatic heterocycles. The van der Waals surface area contributed by atoms with Gasteiger partial charge in [0.25, 0.3) is 0 Å². The lowest BCUT2D eigenvalue weighted by atomic mass is 10.3. The summed E-state index contributed by atoms with van der Waals surface area (Å²) in [6, 6.07) is 5.23. The van der Waals surface area contributed by atoms with Crippen LogP contribution in [0.15, 0.2) is 23.4 Å². The van der Waals surface area contributed by atoms with E-state index < -0.39 is 0 Å². The second-order valence-electron chi connectivity index (χ2n) is 1.51. The summed E-state index contributed by atoms with van der Waals surface area (Å²) in [6.07, 6.45) is 1.56. The van der Waals surface area contributed by atoms with Crippen LogP contribution in [0, 0.1) is 11.3 Å². The van der Waals surface area contributed by atoms with E-state index in [0.717, 1.165) is 0 Å². The van der Waals surface area contributed by atoms with Crippen molar-refractivity contribution in [3.8, 4) is 6.07 Å². The highest BCUT2D eigenvalue weighted by atomic mass is 32.1. The normalized spacial score (nSPS) is 8.44.